The van der Waals surface area contributed by atoms with Gasteiger partial charge in [-0.3, -0.25) is 19.2 Å². The summed E-state index contributed by atoms with van der Waals surface area (Å²) in [6.45, 7) is 5.29. The van der Waals surface area contributed by atoms with Crippen LogP contribution in [0.4, 0.5) is 0 Å². The average molecular weight is 623 g/mol. The lowest BCUT2D eigenvalue weighted by molar-refractivity contribution is -0.122. The summed E-state index contributed by atoms with van der Waals surface area (Å²) < 4.78 is 13.8. The lowest BCUT2D eigenvalue weighted by atomic mass is 10.0. The first-order valence-electron chi connectivity index (χ1n) is 13.6. The molecule has 4 aromatic rings. The summed E-state index contributed by atoms with van der Waals surface area (Å²) in [5.41, 5.74) is 1.71. The number of nitrogens with zero attached hydrogens (tertiary/aromatic N) is 5. The predicted molar refractivity (Wildman–Crippen MR) is 158 cm³/mol. The maximum absolute atomic E-state index is 13.4. The van der Waals surface area contributed by atoms with Crippen molar-refractivity contribution in [1.29, 1.82) is 0 Å². The molecule has 1 aliphatic heterocycles. The molecule has 3 aromatic heterocycles. The fourth-order valence-electron chi connectivity index (χ4n) is 4.50. The van der Waals surface area contributed by atoms with Gasteiger partial charge in [0.1, 0.15) is 23.0 Å². The number of carbonyl (C=O) groups is 4. The van der Waals surface area contributed by atoms with Crippen molar-refractivity contribution in [3.63, 3.8) is 0 Å². The third-order valence-corrected chi connectivity index (χ3v) is 8.34. The van der Waals surface area contributed by atoms with Gasteiger partial charge in [-0.25, -0.2) is 9.97 Å². The first kappa shape index (κ1) is 30.0. The van der Waals surface area contributed by atoms with Crippen LogP contribution in [0.25, 0.3) is 0 Å². The number of hydrogen-bond acceptors (Lipinski definition) is 11. The summed E-state index contributed by atoms with van der Waals surface area (Å²) in [5.74, 6) is -1.80. The Balaban J connectivity index is 1.47. The Hall–Kier alpha value is -4.50. The highest BCUT2D eigenvalue weighted by Gasteiger charge is 2.29. The quantitative estimate of drug-likeness (QED) is 0.309. The maximum atomic E-state index is 13.4. The van der Waals surface area contributed by atoms with Gasteiger partial charge < -0.3 is 25.3 Å². The molecule has 43 heavy (non-hydrogen) atoms. The van der Waals surface area contributed by atoms with Crippen molar-refractivity contribution in [1.82, 2.24) is 39.6 Å². The second-order valence-electron chi connectivity index (χ2n) is 10.3. The minimum absolute atomic E-state index is 0.00862. The van der Waals surface area contributed by atoms with Crippen LogP contribution in [0.5, 0.6) is 0 Å². The molecule has 3 N–H and O–H groups in total. The molecule has 0 unspecified atom stereocenters. The highest BCUT2D eigenvalue weighted by molar-refractivity contribution is 7.10. The summed E-state index contributed by atoms with van der Waals surface area (Å²) in [4.78, 5) is 63.1. The molecule has 15 heteroatoms. The number of nitrogens with one attached hydrogen (secondary N) is 3. The van der Waals surface area contributed by atoms with Crippen LogP contribution >= 0.6 is 23.1 Å². The van der Waals surface area contributed by atoms with Gasteiger partial charge in [-0.05, 0) is 18.4 Å². The van der Waals surface area contributed by atoms with Gasteiger partial charge >= 0.3 is 0 Å². The molecule has 1 aliphatic rings. The van der Waals surface area contributed by atoms with E-state index in [1.165, 1.54) is 22.5 Å². The van der Waals surface area contributed by atoms with Crippen LogP contribution in [-0.4, -0.2) is 66.9 Å². The highest BCUT2D eigenvalue weighted by Crippen LogP contribution is 2.26. The molecule has 4 amide bonds. The van der Waals surface area contributed by atoms with Crippen LogP contribution in [0.2, 0.25) is 0 Å². The molecule has 1 aromatic carbocycles. The second kappa shape index (κ2) is 13.2. The number of oxazole rings is 1. The van der Waals surface area contributed by atoms with E-state index in [2.05, 4.69) is 34.7 Å². The van der Waals surface area contributed by atoms with Crippen molar-refractivity contribution in [3.05, 3.63) is 81.2 Å². The van der Waals surface area contributed by atoms with E-state index in [1.54, 1.807) is 12.3 Å². The number of aromatic nitrogens is 4. The van der Waals surface area contributed by atoms with E-state index in [0.29, 0.717) is 17.1 Å². The molecule has 0 saturated heterocycles. The molecule has 4 heterocycles. The van der Waals surface area contributed by atoms with E-state index in [4.69, 9.17) is 4.42 Å². The second-order valence-corrected chi connectivity index (χ2v) is 11.7. The lowest BCUT2D eigenvalue weighted by Crippen LogP contribution is -2.45. The first-order valence-corrected chi connectivity index (χ1v) is 15.2. The topological polar surface area (TPSA) is 172 Å². The van der Waals surface area contributed by atoms with Crippen molar-refractivity contribution >= 4 is 46.7 Å². The number of carbonyl (C=O) groups excluding carboxylic acids is 4. The number of hydrogen-bond donors (Lipinski definition) is 3. The Kier molecular flexibility index (Phi) is 9.21. The molecule has 0 aliphatic carbocycles. The van der Waals surface area contributed by atoms with Crippen molar-refractivity contribution in [2.75, 3.05) is 19.6 Å². The SMILES string of the molecule is Cc1nsnc1C(=O)N1CCNC(=O)c2coc(n2)[C@H](Cc2ccccc2)NC(=O)c2csc(n2)[C@H](C(C)C)NC(=O)C1. The van der Waals surface area contributed by atoms with Gasteiger partial charge in [0.25, 0.3) is 17.7 Å². The molecule has 4 bridgehead atoms. The van der Waals surface area contributed by atoms with Gasteiger partial charge in [-0.15, -0.1) is 11.3 Å². The standard InChI is InChI=1S/C28H30N8O5S2/c1-15(2)22-27-32-20(14-42-27)25(39)30-18(11-17-7-5-4-6-8-17)26-31-19(13-41-26)24(38)29-9-10-36(12-21(37)33-22)28(40)23-16(3)34-43-35-23/h4-8,13-15,18,22H,9-12H2,1-3H3,(H,29,38)(H,30,39)(H,33,37)/t18-,22-/m0/s1. The van der Waals surface area contributed by atoms with Crippen LogP contribution in [0.15, 0.2) is 46.4 Å². The largest absolute Gasteiger partial charge is 0.446 e. The smallest absolute Gasteiger partial charge is 0.276 e. The Labute approximate surface area is 255 Å². The summed E-state index contributed by atoms with van der Waals surface area (Å²) in [6.07, 6.45) is 1.58. The fourth-order valence-corrected chi connectivity index (χ4v) is 6.06. The fraction of sp³-hybridized carbons (Fsp3) is 0.357. The first-order chi connectivity index (χ1) is 20.7. The maximum Gasteiger partial charge on any atom is 0.276 e. The van der Waals surface area contributed by atoms with Gasteiger partial charge in [0.05, 0.1) is 30.0 Å². The van der Waals surface area contributed by atoms with Crippen LogP contribution in [0.3, 0.4) is 0 Å². The molecule has 2 atom stereocenters. The molecular formula is C28H30N8O5S2. The number of benzene rings is 1. The Bertz CT molecular complexity index is 1620. The van der Waals surface area contributed by atoms with Gasteiger partial charge in [-0.1, -0.05) is 44.2 Å². The van der Waals surface area contributed by atoms with Gasteiger partial charge in [0.15, 0.2) is 11.4 Å². The predicted octanol–water partition coefficient (Wildman–Crippen LogP) is 2.70. The van der Waals surface area contributed by atoms with Gasteiger partial charge in [-0.2, -0.15) is 8.75 Å². The Morgan fingerprint density at radius 1 is 1.07 bits per heavy atom. The van der Waals surface area contributed by atoms with E-state index in [0.717, 1.165) is 17.3 Å². The van der Waals surface area contributed by atoms with Crippen molar-refractivity contribution in [3.8, 4) is 0 Å². The van der Waals surface area contributed by atoms with E-state index < -0.39 is 35.7 Å². The summed E-state index contributed by atoms with van der Waals surface area (Å²) in [5, 5.41) is 10.8. The molecular weight excluding hydrogens is 592 g/mol. The molecule has 224 valence electrons. The molecule has 0 radical (unpaired) electrons. The third kappa shape index (κ3) is 7.11. The molecule has 0 saturated carbocycles. The van der Waals surface area contributed by atoms with E-state index >= 15 is 0 Å². The summed E-state index contributed by atoms with van der Waals surface area (Å²) in [7, 11) is 0. The number of fused-ring (bicyclic) bond motifs is 4. The zero-order chi connectivity index (χ0) is 30.5. The van der Waals surface area contributed by atoms with Crippen LogP contribution in [-0.2, 0) is 11.2 Å². The van der Waals surface area contributed by atoms with E-state index in [1.807, 2.05) is 44.2 Å². The van der Waals surface area contributed by atoms with Crippen molar-refractivity contribution in [2.24, 2.45) is 5.92 Å². The number of aryl methyl sites for hydroxylation is 1. The lowest BCUT2D eigenvalue weighted by Gasteiger charge is -2.25. The number of amides is 4. The Morgan fingerprint density at radius 2 is 1.86 bits per heavy atom. The number of thiazole rings is 1. The zero-order valence-electron chi connectivity index (χ0n) is 23.7. The molecule has 13 nitrogen and oxygen atoms in total. The van der Waals surface area contributed by atoms with Crippen molar-refractivity contribution < 1.29 is 23.6 Å². The molecule has 0 spiro atoms. The van der Waals surface area contributed by atoms with Gasteiger partial charge in [0, 0.05) is 24.9 Å². The summed E-state index contributed by atoms with van der Waals surface area (Å²) >= 11 is 2.16. The van der Waals surface area contributed by atoms with Crippen LogP contribution < -0.4 is 16.0 Å². The highest BCUT2D eigenvalue weighted by atomic mass is 32.1. The third-order valence-electron chi connectivity index (χ3n) is 6.79. The van der Waals surface area contributed by atoms with Crippen LogP contribution in [0, 0.1) is 12.8 Å². The zero-order valence-corrected chi connectivity index (χ0v) is 25.3. The molecule has 0 fully saturated rings. The van der Waals surface area contributed by atoms with E-state index in [9.17, 15) is 19.2 Å². The Morgan fingerprint density at radius 3 is 2.58 bits per heavy atom. The van der Waals surface area contributed by atoms with Gasteiger partial charge in [0.2, 0.25) is 11.8 Å². The monoisotopic (exact) mass is 622 g/mol. The van der Waals surface area contributed by atoms with Crippen LogP contribution in [0.1, 0.15) is 79.6 Å². The van der Waals surface area contributed by atoms with E-state index in [-0.39, 0.29) is 48.5 Å². The normalized spacial score (nSPS) is 18.4. The minimum Gasteiger partial charge on any atom is -0.446 e. The molecule has 5 rings (SSSR count). The number of rotatable bonds is 4. The average Bonchev–Trinajstić information content (AvgIpc) is 3.76. The minimum atomic E-state index is -0.691. The van der Waals surface area contributed by atoms with Crippen molar-refractivity contribution in [2.45, 2.75) is 39.3 Å². The summed E-state index contributed by atoms with van der Waals surface area (Å²) in [6, 6.07) is 8.31.